The highest BCUT2D eigenvalue weighted by molar-refractivity contribution is 7.92. The summed E-state index contributed by atoms with van der Waals surface area (Å²) in [5, 5.41) is 2.64. The van der Waals surface area contributed by atoms with Crippen molar-refractivity contribution in [1.29, 1.82) is 0 Å². The number of nitrogens with one attached hydrogen (secondary N) is 1. The Morgan fingerprint density at radius 3 is 2.00 bits per heavy atom. The molecule has 0 aliphatic rings. The average molecular weight is 295 g/mol. The molecule has 0 saturated heterocycles. The summed E-state index contributed by atoms with van der Waals surface area (Å²) in [5.41, 5.74) is -0.225. The van der Waals surface area contributed by atoms with Crippen molar-refractivity contribution in [2.45, 2.75) is 24.6 Å². The van der Waals surface area contributed by atoms with Gasteiger partial charge in [0.15, 0.2) is 21.5 Å². The molecular formula is C12H16F3NO2S. The Labute approximate surface area is 110 Å². The Balaban J connectivity index is 3.45. The summed E-state index contributed by atoms with van der Waals surface area (Å²) < 4.78 is 62.0. The van der Waals surface area contributed by atoms with E-state index in [1.165, 1.54) is 20.9 Å². The third-order valence-corrected chi connectivity index (χ3v) is 5.44. The van der Waals surface area contributed by atoms with Crippen LogP contribution in [0.2, 0.25) is 0 Å². The van der Waals surface area contributed by atoms with Crippen molar-refractivity contribution in [2.75, 3.05) is 13.3 Å². The van der Waals surface area contributed by atoms with Crippen LogP contribution in [0.15, 0.2) is 12.1 Å². The molecule has 1 rings (SSSR count). The maximum Gasteiger partial charge on any atom is 0.161 e. The first-order valence-electron chi connectivity index (χ1n) is 5.53. The predicted octanol–water partition coefficient (Wildman–Crippen LogP) is 2.19. The van der Waals surface area contributed by atoms with E-state index in [9.17, 15) is 21.6 Å². The molecule has 0 spiro atoms. The van der Waals surface area contributed by atoms with Crippen LogP contribution in [0.4, 0.5) is 13.2 Å². The Morgan fingerprint density at radius 1 is 1.11 bits per heavy atom. The lowest BCUT2D eigenvalue weighted by Gasteiger charge is -2.33. The molecule has 3 nitrogen and oxygen atoms in total. The van der Waals surface area contributed by atoms with Crippen molar-refractivity contribution < 1.29 is 21.6 Å². The summed E-state index contributed by atoms with van der Waals surface area (Å²) in [6.07, 6.45) is 1.01. The molecule has 7 heteroatoms. The standard InChI is InChI=1S/C12H16F3NO2S/c1-12(2,19(4,17)18)11(16-3)7-5-9(14)10(15)6-8(7)13/h5-6,11,16H,1-4H3. The van der Waals surface area contributed by atoms with E-state index in [1.807, 2.05) is 0 Å². The molecule has 1 N–H and O–H groups in total. The van der Waals surface area contributed by atoms with Crippen molar-refractivity contribution in [2.24, 2.45) is 0 Å². The SMILES string of the molecule is CNC(c1cc(F)c(F)cc1F)C(C)(C)S(C)(=O)=O. The van der Waals surface area contributed by atoms with Gasteiger partial charge in [-0.1, -0.05) is 0 Å². The van der Waals surface area contributed by atoms with Gasteiger partial charge in [-0.05, 0) is 27.0 Å². The Morgan fingerprint density at radius 2 is 1.58 bits per heavy atom. The normalized spacial score (nSPS) is 14.5. The summed E-state index contributed by atoms with van der Waals surface area (Å²) in [6.45, 7) is 2.79. The maximum atomic E-state index is 13.7. The Bertz CT molecular complexity index is 585. The molecule has 0 heterocycles. The first kappa shape index (κ1) is 16.0. The van der Waals surface area contributed by atoms with Gasteiger partial charge < -0.3 is 5.32 Å². The van der Waals surface area contributed by atoms with Crippen LogP contribution in [0.5, 0.6) is 0 Å². The summed E-state index contributed by atoms with van der Waals surface area (Å²) in [4.78, 5) is 0. The molecular weight excluding hydrogens is 279 g/mol. The second kappa shape index (κ2) is 5.13. The van der Waals surface area contributed by atoms with Crippen molar-refractivity contribution in [3.05, 3.63) is 35.1 Å². The zero-order valence-electron chi connectivity index (χ0n) is 11.1. The smallest absolute Gasteiger partial charge is 0.161 e. The molecule has 19 heavy (non-hydrogen) atoms. The van der Waals surface area contributed by atoms with Crippen LogP contribution in [0.3, 0.4) is 0 Å². The third-order valence-electron chi connectivity index (χ3n) is 3.29. The summed E-state index contributed by atoms with van der Waals surface area (Å²) in [7, 11) is -2.12. The minimum atomic E-state index is -3.55. The van der Waals surface area contributed by atoms with Gasteiger partial charge in [0.1, 0.15) is 5.82 Å². The van der Waals surface area contributed by atoms with E-state index in [1.54, 1.807) is 0 Å². The molecule has 0 bridgehead atoms. The van der Waals surface area contributed by atoms with E-state index in [0.717, 1.165) is 6.26 Å². The molecule has 0 saturated carbocycles. The largest absolute Gasteiger partial charge is 0.312 e. The van der Waals surface area contributed by atoms with Gasteiger partial charge in [0, 0.05) is 17.9 Å². The summed E-state index contributed by atoms with van der Waals surface area (Å²) in [5.74, 6) is -3.52. The molecule has 108 valence electrons. The van der Waals surface area contributed by atoms with E-state index in [-0.39, 0.29) is 5.56 Å². The topological polar surface area (TPSA) is 46.2 Å². The second-order valence-electron chi connectivity index (χ2n) is 4.89. The summed E-state index contributed by atoms with van der Waals surface area (Å²) in [6, 6.07) is 0.0872. The third kappa shape index (κ3) is 2.92. The Hall–Kier alpha value is -1.08. The van der Waals surface area contributed by atoms with E-state index in [4.69, 9.17) is 0 Å². The molecule has 1 atom stereocenters. The van der Waals surface area contributed by atoms with Gasteiger partial charge in [-0.15, -0.1) is 0 Å². The lowest BCUT2D eigenvalue weighted by atomic mass is 9.94. The molecule has 0 aliphatic heterocycles. The zero-order valence-corrected chi connectivity index (χ0v) is 11.9. The van der Waals surface area contributed by atoms with Crippen LogP contribution < -0.4 is 5.32 Å². The molecule has 0 aromatic heterocycles. The van der Waals surface area contributed by atoms with Crippen LogP contribution in [0.25, 0.3) is 0 Å². The first-order valence-corrected chi connectivity index (χ1v) is 7.42. The van der Waals surface area contributed by atoms with Gasteiger partial charge in [-0.3, -0.25) is 0 Å². The maximum absolute atomic E-state index is 13.7. The highest BCUT2D eigenvalue weighted by Crippen LogP contribution is 2.34. The lowest BCUT2D eigenvalue weighted by molar-refractivity contribution is 0.420. The second-order valence-corrected chi connectivity index (χ2v) is 7.48. The average Bonchev–Trinajstić information content (AvgIpc) is 2.24. The minimum Gasteiger partial charge on any atom is -0.312 e. The fraction of sp³-hybridized carbons (Fsp3) is 0.500. The van der Waals surface area contributed by atoms with Gasteiger partial charge >= 0.3 is 0 Å². The molecule has 0 amide bonds. The van der Waals surface area contributed by atoms with E-state index < -0.39 is 38.1 Å². The van der Waals surface area contributed by atoms with Crippen LogP contribution in [0, 0.1) is 17.5 Å². The molecule has 0 aliphatic carbocycles. The zero-order chi connectivity index (χ0) is 15.0. The number of halogens is 3. The van der Waals surface area contributed by atoms with Crippen LogP contribution in [-0.4, -0.2) is 26.5 Å². The fourth-order valence-corrected chi connectivity index (χ4v) is 2.52. The first-order chi connectivity index (χ1) is 8.52. The quantitative estimate of drug-likeness (QED) is 0.866. The van der Waals surface area contributed by atoms with Gasteiger partial charge in [-0.2, -0.15) is 0 Å². The van der Waals surface area contributed by atoms with Gasteiger partial charge in [0.25, 0.3) is 0 Å². The highest BCUT2D eigenvalue weighted by Gasteiger charge is 2.40. The van der Waals surface area contributed by atoms with Crippen LogP contribution in [-0.2, 0) is 9.84 Å². The van der Waals surface area contributed by atoms with E-state index in [2.05, 4.69) is 5.32 Å². The van der Waals surface area contributed by atoms with Crippen molar-refractivity contribution in [3.8, 4) is 0 Å². The van der Waals surface area contributed by atoms with E-state index >= 15 is 0 Å². The van der Waals surface area contributed by atoms with Crippen LogP contribution in [0.1, 0.15) is 25.5 Å². The predicted molar refractivity (Wildman–Crippen MR) is 67.0 cm³/mol. The lowest BCUT2D eigenvalue weighted by Crippen LogP contribution is -2.44. The number of hydrogen-bond acceptors (Lipinski definition) is 3. The molecule has 0 fully saturated rings. The molecule has 1 aromatic rings. The summed E-state index contributed by atoms with van der Waals surface area (Å²) >= 11 is 0. The van der Waals surface area contributed by atoms with E-state index in [0.29, 0.717) is 12.1 Å². The minimum absolute atomic E-state index is 0.225. The fourth-order valence-electron chi connectivity index (χ4n) is 1.85. The van der Waals surface area contributed by atoms with Gasteiger partial charge in [-0.25, -0.2) is 21.6 Å². The Kier molecular flexibility index (Phi) is 4.31. The number of hydrogen-bond donors (Lipinski definition) is 1. The van der Waals surface area contributed by atoms with Crippen LogP contribution >= 0.6 is 0 Å². The molecule has 1 unspecified atom stereocenters. The number of benzene rings is 1. The van der Waals surface area contributed by atoms with Crippen molar-refractivity contribution in [1.82, 2.24) is 5.32 Å². The number of sulfone groups is 1. The monoisotopic (exact) mass is 295 g/mol. The molecule has 0 radical (unpaired) electrons. The van der Waals surface area contributed by atoms with Gasteiger partial charge in [0.05, 0.1) is 10.8 Å². The van der Waals surface area contributed by atoms with Gasteiger partial charge in [0.2, 0.25) is 0 Å². The molecule has 1 aromatic carbocycles. The van der Waals surface area contributed by atoms with Crippen molar-refractivity contribution in [3.63, 3.8) is 0 Å². The van der Waals surface area contributed by atoms with Crippen molar-refractivity contribution >= 4 is 9.84 Å². The highest BCUT2D eigenvalue weighted by atomic mass is 32.2. The number of rotatable bonds is 4.